The van der Waals surface area contributed by atoms with Gasteiger partial charge in [-0.3, -0.25) is 0 Å². The summed E-state index contributed by atoms with van der Waals surface area (Å²) in [4.78, 5) is 0. The molecule has 0 aromatic rings. The van der Waals surface area contributed by atoms with Gasteiger partial charge in [-0.2, -0.15) is 0 Å². The van der Waals surface area contributed by atoms with Crippen LogP contribution in [0, 0.1) is 28.6 Å². The molecular formula is C19H29FO. The average molecular weight is 292 g/mol. The van der Waals surface area contributed by atoms with Gasteiger partial charge in [0.25, 0.3) is 0 Å². The molecule has 0 heterocycles. The molecule has 3 saturated carbocycles. The molecule has 4 aliphatic rings. The molecule has 118 valence electrons. The Morgan fingerprint density at radius 2 is 2.14 bits per heavy atom. The van der Waals surface area contributed by atoms with E-state index in [0.717, 1.165) is 18.8 Å². The fraction of sp³-hybridized carbons (Fsp3) is 0.895. The van der Waals surface area contributed by atoms with Gasteiger partial charge in [-0.05, 0) is 80.0 Å². The van der Waals surface area contributed by atoms with Crippen LogP contribution in [0.5, 0.6) is 0 Å². The number of hydrogen-bond acceptors (Lipinski definition) is 1. The maximum Gasteiger partial charge on any atom is 0.101 e. The summed E-state index contributed by atoms with van der Waals surface area (Å²) in [6.45, 7) is 2.69. The molecule has 21 heavy (non-hydrogen) atoms. The van der Waals surface area contributed by atoms with Gasteiger partial charge in [0.2, 0.25) is 0 Å². The van der Waals surface area contributed by atoms with Gasteiger partial charge in [0.15, 0.2) is 0 Å². The number of aliphatic hydroxyl groups excluding tert-OH is 1. The zero-order valence-corrected chi connectivity index (χ0v) is 13.3. The molecule has 2 heteroatoms. The lowest BCUT2D eigenvalue weighted by molar-refractivity contribution is -0.0573. The molecule has 0 radical (unpaired) electrons. The Kier molecular flexibility index (Phi) is 3.26. The van der Waals surface area contributed by atoms with Crippen molar-refractivity contribution >= 4 is 0 Å². The number of rotatable bonds is 1. The first-order chi connectivity index (χ1) is 10.1. The summed E-state index contributed by atoms with van der Waals surface area (Å²) in [5.41, 5.74) is 2.01. The molecule has 0 spiro atoms. The molecule has 0 bridgehead atoms. The van der Waals surface area contributed by atoms with E-state index in [-0.39, 0.29) is 12.0 Å². The zero-order chi connectivity index (χ0) is 14.7. The maximum absolute atomic E-state index is 14.1. The smallest absolute Gasteiger partial charge is 0.101 e. The third-order valence-electron chi connectivity index (χ3n) is 7.81. The fourth-order valence-corrected chi connectivity index (χ4v) is 6.73. The second-order valence-corrected chi connectivity index (χ2v) is 8.56. The summed E-state index contributed by atoms with van der Waals surface area (Å²) in [6, 6.07) is 0. The summed E-state index contributed by atoms with van der Waals surface area (Å²) in [7, 11) is 0. The lowest BCUT2D eigenvalue weighted by atomic mass is 9.48. The van der Waals surface area contributed by atoms with Gasteiger partial charge in [-0.25, -0.2) is 4.39 Å². The Morgan fingerprint density at radius 1 is 1.29 bits per heavy atom. The fourth-order valence-electron chi connectivity index (χ4n) is 6.73. The van der Waals surface area contributed by atoms with Crippen LogP contribution in [0.25, 0.3) is 0 Å². The Bertz CT molecular complexity index is 458. The van der Waals surface area contributed by atoms with E-state index in [1.165, 1.54) is 32.1 Å². The van der Waals surface area contributed by atoms with E-state index in [4.69, 9.17) is 0 Å². The second-order valence-electron chi connectivity index (χ2n) is 8.56. The van der Waals surface area contributed by atoms with E-state index in [1.807, 2.05) is 0 Å². The second kappa shape index (κ2) is 4.81. The minimum Gasteiger partial charge on any atom is -0.396 e. The normalized spacial score (nSPS) is 52.6. The maximum atomic E-state index is 14.1. The van der Waals surface area contributed by atoms with Gasteiger partial charge in [-0.1, -0.05) is 25.0 Å². The van der Waals surface area contributed by atoms with Crippen molar-refractivity contribution in [2.24, 2.45) is 28.6 Å². The van der Waals surface area contributed by atoms with Crippen LogP contribution < -0.4 is 0 Å². The highest BCUT2D eigenvalue weighted by Crippen LogP contribution is 2.65. The van der Waals surface area contributed by atoms with Crippen molar-refractivity contribution in [3.05, 3.63) is 11.6 Å². The first-order valence-electron chi connectivity index (χ1n) is 9.03. The molecule has 3 fully saturated rings. The zero-order valence-electron chi connectivity index (χ0n) is 13.3. The first-order valence-corrected chi connectivity index (χ1v) is 9.03. The van der Waals surface area contributed by atoms with Gasteiger partial charge in [-0.15, -0.1) is 0 Å². The number of allylic oxidation sites excluding steroid dienone is 2. The highest BCUT2D eigenvalue weighted by atomic mass is 19.1. The molecule has 1 N–H and O–H groups in total. The molecule has 6 atom stereocenters. The van der Waals surface area contributed by atoms with E-state index >= 15 is 0 Å². The predicted octanol–water partition coefficient (Wildman–Crippen LogP) is 4.65. The molecule has 0 aromatic heterocycles. The van der Waals surface area contributed by atoms with Crippen LogP contribution in [-0.4, -0.2) is 17.9 Å². The molecule has 0 aliphatic heterocycles. The van der Waals surface area contributed by atoms with Gasteiger partial charge < -0.3 is 5.11 Å². The summed E-state index contributed by atoms with van der Waals surface area (Å²) in [5.74, 6) is 1.79. The van der Waals surface area contributed by atoms with E-state index in [1.54, 1.807) is 5.57 Å². The standard InChI is InChI=1S/C19H29FO/c1-18-8-3-2-4-13(18)5-6-15-16(18)7-9-19(12-21)11-14(20)10-17(15)19/h5,14-17,21H,2-4,6-12H2,1H3/t14-,15-,16+,17+,18+,19-/m1/s1. The van der Waals surface area contributed by atoms with Crippen molar-refractivity contribution in [3.63, 3.8) is 0 Å². The van der Waals surface area contributed by atoms with Crippen LogP contribution in [0.15, 0.2) is 11.6 Å². The third kappa shape index (κ3) is 1.90. The van der Waals surface area contributed by atoms with Gasteiger partial charge >= 0.3 is 0 Å². The Balaban J connectivity index is 1.69. The highest BCUT2D eigenvalue weighted by molar-refractivity contribution is 5.24. The average Bonchev–Trinajstić information content (AvgIpc) is 2.83. The van der Waals surface area contributed by atoms with Crippen molar-refractivity contribution < 1.29 is 9.50 Å². The number of aliphatic hydroxyl groups is 1. The van der Waals surface area contributed by atoms with Crippen molar-refractivity contribution in [2.75, 3.05) is 6.61 Å². The quantitative estimate of drug-likeness (QED) is 0.697. The molecule has 0 saturated heterocycles. The number of alkyl halides is 1. The monoisotopic (exact) mass is 292 g/mol. The van der Waals surface area contributed by atoms with Crippen molar-refractivity contribution in [1.29, 1.82) is 0 Å². The summed E-state index contributed by atoms with van der Waals surface area (Å²) in [6.07, 6.45) is 11.9. The number of halogens is 1. The van der Waals surface area contributed by atoms with Crippen molar-refractivity contribution in [3.8, 4) is 0 Å². The minimum atomic E-state index is -0.676. The van der Waals surface area contributed by atoms with Gasteiger partial charge in [0, 0.05) is 6.61 Å². The summed E-state index contributed by atoms with van der Waals surface area (Å²) in [5, 5.41) is 9.97. The molecule has 4 rings (SSSR count). The predicted molar refractivity (Wildman–Crippen MR) is 82.6 cm³/mol. The van der Waals surface area contributed by atoms with Crippen molar-refractivity contribution in [1.82, 2.24) is 0 Å². The Morgan fingerprint density at radius 3 is 2.95 bits per heavy atom. The highest BCUT2D eigenvalue weighted by Gasteiger charge is 2.58. The van der Waals surface area contributed by atoms with E-state index in [0.29, 0.717) is 30.1 Å². The summed E-state index contributed by atoms with van der Waals surface area (Å²) >= 11 is 0. The van der Waals surface area contributed by atoms with Crippen molar-refractivity contribution in [2.45, 2.75) is 70.9 Å². The van der Waals surface area contributed by atoms with Crippen LogP contribution in [0.3, 0.4) is 0 Å². The Labute approximate surface area is 128 Å². The molecule has 4 aliphatic carbocycles. The van der Waals surface area contributed by atoms with Crippen LogP contribution in [0.1, 0.15) is 64.7 Å². The lowest BCUT2D eigenvalue weighted by Gasteiger charge is -2.57. The van der Waals surface area contributed by atoms with Crippen LogP contribution in [-0.2, 0) is 0 Å². The molecule has 0 unspecified atom stereocenters. The molecule has 0 aromatic carbocycles. The van der Waals surface area contributed by atoms with E-state index < -0.39 is 6.17 Å². The third-order valence-corrected chi connectivity index (χ3v) is 7.81. The Hall–Kier alpha value is -0.370. The number of fused-ring (bicyclic) bond motifs is 5. The van der Waals surface area contributed by atoms with Gasteiger partial charge in [0.1, 0.15) is 6.17 Å². The first kappa shape index (κ1) is 14.2. The number of hydrogen-bond donors (Lipinski definition) is 1. The minimum absolute atomic E-state index is 0.0864. The topological polar surface area (TPSA) is 20.2 Å². The van der Waals surface area contributed by atoms with Crippen LogP contribution in [0.2, 0.25) is 0 Å². The summed E-state index contributed by atoms with van der Waals surface area (Å²) < 4.78 is 14.1. The van der Waals surface area contributed by atoms with Crippen LogP contribution in [0.4, 0.5) is 4.39 Å². The van der Waals surface area contributed by atoms with Crippen LogP contribution >= 0.6 is 0 Å². The molecular weight excluding hydrogens is 263 g/mol. The van der Waals surface area contributed by atoms with E-state index in [9.17, 15) is 9.50 Å². The molecule has 0 amide bonds. The SMILES string of the molecule is C[C@]12CCCCC1=CC[C@H]1[C@@H]3C[C@@H](F)C[C@@]3(CO)CC[C@@H]12. The largest absolute Gasteiger partial charge is 0.396 e. The lowest BCUT2D eigenvalue weighted by Crippen LogP contribution is -2.50. The van der Waals surface area contributed by atoms with Gasteiger partial charge in [0.05, 0.1) is 0 Å². The van der Waals surface area contributed by atoms with E-state index in [2.05, 4.69) is 13.0 Å². The molecule has 1 nitrogen and oxygen atoms in total.